The van der Waals surface area contributed by atoms with Crippen molar-refractivity contribution in [2.75, 3.05) is 51.3 Å². The van der Waals surface area contributed by atoms with Crippen LogP contribution < -0.4 is 15.0 Å². The van der Waals surface area contributed by atoms with E-state index in [4.69, 9.17) is 4.74 Å². The van der Waals surface area contributed by atoms with Gasteiger partial charge in [0.15, 0.2) is 0 Å². The standard InChI is InChI=1S/C18H27N3O3/c1-24-16-4-2-3-15(11-16)21-10-9-20(13-18(21)23)12-17(22)14-5-7-19-8-6-14/h2-4,11,14,17,19,22H,5-10,12-13H2,1H3. The number of hydrogen-bond donors (Lipinski definition) is 2. The van der Waals surface area contributed by atoms with E-state index in [0.29, 0.717) is 25.6 Å². The van der Waals surface area contributed by atoms with Crippen LogP contribution >= 0.6 is 0 Å². The van der Waals surface area contributed by atoms with Crippen LogP contribution in [0.5, 0.6) is 5.75 Å². The average molecular weight is 333 g/mol. The molecule has 1 unspecified atom stereocenters. The normalized spacial score (nSPS) is 21.8. The Morgan fingerprint density at radius 3 is 2.83 bits per heavy atom. The maximum Gasteiger partial charge on any atom is 0.241 e. The predicted octanol–water partition coefficient (Wildman–Crippen LogP) is 0.704. The molecule has 2 fully saturated rings. The molecule has 2 aliphatic rings. The summed E-state index contributed by atoms with van der Waals surface area (Å²) in [6.45, 7) is 4.33. The number of rotatable bonds is 5. The van der Waals surface area contributed by atoms with E-state index >= 15 is 0 Å². The summed E-state index contributed by atoms with van der Waals surface area (Å²) in [6.07, 6.45) is 1.68. The summed E-state index contributed by atoms with van der Waals surface area (Å²) in [4.78, 5) is 16.4. The number of nitrogens with zero attached hydrogens (tertiary/aromatic N) is 2. The summed E-state index contributed by atoms with van der Waals surface area (Å²) in [5, 5.41) is 13.8. The van der Waals surface area contributed by atoms with E-state index in [1.165, 1.54) is 0 Å². The SMILES string of the molecule is COc1cccc(N2CCN(CC(O)C3CCNCC3)CC2=O)c1. The van der Waals surface area contributed by atoms with Crippen LogP contribution in [0.4, 0.5) is 5.69 Å². The molecule has 24 heavy (non-hydrogen) atoms. The molecule has 2 N–H and O–H groups in total. The zero-order valence-corrected chi connectivity index (χ0v) is 14.3. The number of anilines is 1. The van der Waals surface area contributed by atoms with Crippen LogP contribution in [-0.2, 0) is 4.79 Å². The fraction of sp³-hybridized carbons (Fsp3) is 0.611. The van der Waals surface area contributed by atoms with Crippen molar-refractivity contribution >= 4 is 11.6 Å². The molecule has 132 valence electrons. The first-order chi connectivity index (χ1) is 11.7. The van der Waals surface area contributed by atoms with Crippen LogP contribution in [0.1, 0.15) is 12.8 Å². The first-order valence-corrected chi connectivity index (χ1v) is 8.73. The molecule has 0 aromatic heterocycles. The lowest BCUT2D eigenvalue weighted by Gasteiger charge is -2.37. The summed E-state index contributed by atoms with van der Waals surface area (Å²) in [7, 11) is 1.63. The predicted molar refractivity (Wildman–Crippen MR) is 93.4 cm³/mol. The van der Waals surface area contributed by atoms with Gasteiger partial charge in [-0.2, -0.15) is 0 Å². The average Bonchev–Trinajstić information content (AvgIpc) is 2.62. The van der Waals surface area contributed by atoms with E-state index in [2.05, 4.69) is 10.2 Å². The molecule has 1 amide bonds. The molecule has 2 saturated heterocycles. The minimum Gasteiger partial charge on any atom is -0.497 e. The number of aliphatic hydroxyl groups is 1. The van der Waals surface area contributed by atoms with E-state index in [1.54, 1.807) is 12.0 Å². The quantitative estimate of drug-likeness (QED) is 0.831. The molecule has 6 nitrogen and oxygen atoms in total. The lowest BCUT2D eigenvalue weighted by atomic mass is 9.92. The third-order valence-electron chi connectivity index (χ3n) is 5.04. The first-order valence-electron chi connectivity index (χ1n) is 8.73. The Labute approximate surface area is 143 Å². The molecule has 0 spiro atoms. The number of benzene rings is 1. The number of nitrogens with one attached hydrogen (secondary N) is 1. The van der Waals surface area contributed by atoms with Gasteiger partial charge in [0.1, 0.15) is 5.75 Å². The Morgan fingerprint density at radius 1 is 1.33 bits per heavy atom. The second kappa shape index (κ2) is 7.96. The molecular weight excluding hydrogens is 306 g/mol. The van der Waals surface area contributed by atoms with Gasteiger partial charge in [0.25, 0.3) is 0 Å². The van der Waals surface area contributed by atoms with Crippen molar-refractivity contribution in [3.05, 3.63) is 24.3 Å². The van der Waals surface area contributed by atoms with Gasteiger partial charge in [-0.3, -0.25) is 9.69 Å². The van der Waals surface area contributed by atoms with E-state index in [1.807, 2.05) is 24.3 Å². The van der Waals surface area contributed by atoms with Gasteiger partial charge in [-0.25, -0.2) is 0 Å². The molecule has 0 bridgehead atoms. The van der Waals surface area contributed by atoms with Gasteiger partial charge in [0, 0.05) is 31.4 Å². The van der Waals surface area contributed by atoms with E-state index in [-0.39, 0.29) is 12.0 Å². The zero-order valence-electron chi connectivity index (χ0n) is 14.3. The Balaban J connectivity index is 1.55. The highest BCUT2D eigenvalue weighted by Crippen LogP contribution is 2.23. The highest BCUT2D eigenvalue weighted by atomic mass is 16.5. The van der Waals surface area contributed by atoms with E-state index in [9.17, 15) is 9.90 Å². The third kappa shape index (κ3) is 4.06. The highest BCUT2D eigenvalue weighted by Gasteiger charge is 2.29. The van der Waals surface area contributed by atoms with Crippen molar-refractivity contribution < 1.29 is 14.6 Å². The monoisotopic (exact) mass is 333 g/mol. The summed E-state index contributed by atoms with van der Waals surface area (Å²) < 4.78 is 5.24. The van der Waals surface area contributed by atoms with Crippen molar-refractivity contribution in [1.82, 2.24) is 10.2 Å². The Kier molecular flexibility index (Phi) is 5.71. The van der Waals surface area contributed by atoms with Crippen LogP contribution in [0.15, 0.2) is 24.3 Å². The van der Waals surface area contributed by atoms with Gasteiger partial charge in [-0.15, -0.1) is 0 Å². The van der Waals surface area contributed by atoms with E-state index < -0.39 is 0 Å². The number of methoxy groups -OCH3 is 1. The number of carbonyl (C=O) groups excluding carboxylic acids is 1. The molecule has 0 saturated carbocycles. The largest absolute Gasteiger partial charge is 0.497 e. The maximum atomic E-state index is 12.5. The Morgan fingerprint density at radius 2 is 2.12 bits per heavy atom. The van der Waals surface area contributed by atoms with Crippen LogP contribution in [0.25, 0.3) is 0 Å². The maximum absolute atomic E-state index is 12.5. The topological polar surface area (TPSA) is 65.0 Å². The molecule has 0 aliphatic carbocycles. The number of amides is 1. The van der Waals surface area contributed by atoms with Crippen molar-refractivity contribution in [3.8, 4) is 5.75 Å². The van der Waals surface area contributed by atoms with Crippen molar-refractivity contribution in [3.63, 3.8) is 0 Å². The molecule has 1 aromatic rings. The summed E-state index contributed by atoms with van der Waals surface area (Å²) in [5.41, 5.74) is 0.873. The lowest BCUT2D eigenvalue weighted by Crippen LogP contribution is -2.53. The Bertz CT molecular complexity index is 560. The first kappa shape index (κ1) is 17.2. The van der Waals surface area contributed by atoms with Crippen LogP contribution in [0.2, 0.25) is 0 Å². The van der Waals surface area contributed by atoms with Gasteiger partial charge in [0.2, 0.25) is 5.91 Å². The zero-order chi connectivity index (χ0) is 16.9. The smallest absolute Gasteiger partial charge is 0.241 e. The van der Waals surface area contributed by atoms with Crippen LogP contribution in [-0.4, -0.2) is 68.4 Å². The molecule has 2 heterocycles. The summed E-state index contributed by atoms with van der Waals surface area (Å²) >= 11 is 0. The number of piperidine rings is 1. The van der Waals surface area contributed by atoms with Crippen molar-refractivity contribution in [1.29, 1.82) is 0 Å². The molecule has 6 heteroatoms. The van der Waals surface area contributed by atoms with Gasteiger partial charge in [0.05, 0.1) is 19.8 Å². The molecule has 3 rings (SSSR count). The van der Waals surface area contributed by atoms with Crippen molar-refractivity contribution in [2.24, 2.45) is 5.92 Å². The molecular formula is C18H27N3O3. The molecule has 1 aromatic carbocycles. The summed E-state index contributed by atoms with van der Waals surface area (Å²) in [5.74, 6) is 1.17. The molecule has 0 radical (unpaired) electrons. The lowest BCUT2D eigenvalue weighted by molar-refractivity contribution is -0.121. The number of ether oxygens (including phenoxy) is 1. The van der Waals surface area contributed by atoms with Gasteiger partial charge in [-0.1, -0.05) is 6.07 Å². The summed E-state index contributed by atoms with van der Waals surface area (Å²) in [6, 6.07) is 7.59. The number of aliphatic hydroxyl groups excluding tert-OH is 1. The van der Waals surface area contributed by atoms with Crippen LogP contribution in [0.3, 0.4) is 0 Å². The third-order valence-corrected chi connectivity index (χ3v) is 5.04. The fourth-order valence-electron chi connectivity index (χ4n) is 3.57. The minimum absolute atomic E-state index is 0.0759. The number of hydrogen-bond acceptors (Lipinski definition) is 5. The van der Waals surface area contributed by atoms with Crippen LogP contribution in [0, 0.1) is 5.92 Å². The van der Waals surface area contributed by atoms with Crippen molar-refractivity contribution in [2.45, 2.75) is 18.9 Å². The van der Waals surface area contributed by atoms with Gasteiger partial charge >= 0.3 is 0 Å². The fourth-order valence-corrected chi connectivity index (χ4v) is 3.57. The molecule has 2 aliphatic heterocycles. The van der Waals surface area contributed by atoms with Gasteiger partial charge < -0.3 is 20.1 Å². The Hall–Kier alpha value is -1.63. The van der Waals surface area contributed by atoms with Gasteiger partial charge in [-0.05, 0) is 44.0 Å². The number of β-amino-alcohol motifs (C(OH)–C–C–N with tert-alkyl or cyclic N) is 1. The second-order valence-corrected chi connectivity index (χ2v) is 6.64. The highest BCUT2D eigenvalue weighted by molar-refractivity contribution is 5.95. The number of carbonyl (C=O) groups is 1. The minimum atomic E-state index is -0.344. The van der Waals surface area contributed by atoms with E-state index in [0.717, 1.165) is 43.9 Å². The molecule has 1 atom stereocenters. The second-order valence-electron chi connectivity index (χ2n) is 6.64. The number of piperazine rings is 1.